The molecule has 0 aromatic heterocycles. The molecule has 0 aliphatic rings. The molecule has 0 aromatic rings. The second-order valence-corrected chi connectivity index (χ2v) is 5.48. The average molecular weight is 315 g/mol. The van der Waals surface area contributed by atoms with Crippen molar-refractivity contribution in [2.75, 3.05) is 0 Å². The van der Waals surface area contributed by atoms with E-state index < -0.39 is 34.4 Å². The Morgan fingerprint density at radius 2 is 1.16 bits per heavy atom. The van der Waals surface area contributed by atoms with E-state index in [0.29, 0.717) is 6.42 Å². The fourth-order valence-corrected chi connectivity index (χ4v) is 1.71. The van der Waals surface area contributed by atoms with Crippen molar-refractivity contribution in [1.29, 1.82) is 0 Å². The second-order valence-electron chi connectivity index (χ2n) is 3.97. The molecule has 4 N–H and O–H groups in total. The predicted octanol–water partition coefficient (Wildman–Crippen LogP) is 3.79. The van der Waals surface area contributed by atoms with Crippen LogP contribution >= 0.6 is 0 Å². The van der Waals surface area contributed by atoms with Gasteiger partial charge < -0.3 is 10.7 Å². The van der Waals surface area contributed by atoms with Gasteiger partial charge in [-0.1, -0.05) is 19.3 Å². The third kappa shape index (κ3) is 10.0. The lowest BCUT2D eigenvalue weighted by molar-refractivity contribution is -0.135. The number of rotatable bonds is 8. The van der Waals surface area contributed by atoms with Crippen molar-refractivity contribution in [2.45, 2.75) is 56.4 Å². The molecule has 118 valence electrons. The molecule has 19 heavy (non-hydrogen) atoms. The molecule has 0 rings (SSSR count). The molecule has 0 aliphatic heterocycles. The summed E-state index contributed by atoms with van der Waals surface area (Å²) in [6.07, 6.45) is -5.82. The maximum atomic E-state index is 12.6. The van der Waals surface area contributed by atoms with Crippen LogP contribution in [0, 0.1) is 0 Å². The molecule has 0 aliphatic carbocycles. The Kier molecular flexibility index (Phi) is 8.72. The maximum Gasteiger partial charge on any atom is 0.389 e. The Hall–Kier alpha value is -0.480. The zero-order chi connectivity index (χ0) is 14.4. The van der Waals surface area contributed by atoms with Gasteiger partial charge >= 0.3 is 11.4 Å². The Balaban J connectivity index is 0. The number of alkyl halides is 5. The van der Waals surface area contributed by atoms with Crippen LogP contribution in [0.15, 0.2) is 0 Å². The fraction of sp³-hybridized carbons (Fsp3) is 1.00. The zero-order valence-corrected chi connectivity index (χ0v) is 11.3. The summed E-state index contributed by atoms with van der Waals surface area (Å²) in [7, 11) is -5.65. The van der Waals surface area contributed by atoms with Gasteiger partial charge in [-0.2, -0.15) is 22.0 Å². The third-order valence-electron chi connectivity index (χ3n) is 2.29. The summed E-state index contributed by atoms with van der Waals surface area (Å²) in [5.74, 6) is 0. The van der Waals surface area contributed by atoms with Crippen molar-refractivity contribution in [3.63, 3.8) is 0 Å². The lowest BCUT2D eigenvalue weighted by atomic mass is 10.1. The first-order valence-electron chi connectivity index (χ1n) is 5.36. The maximum absolute atomic E-state index is 12.6. The molecule has 0 atom stereocenters. The standard InChI is InChI=1S/C9H15F5O3S.H3N/c10-8(11,12)6-4-2-1-3-5-7-9(13,14)18(15,16)17;/h1-7H2,(H,15,16,17);1H3. The van der Waals surface area contributed by atoms with E-state index in [1.165, 1.54) is 0 Å². The summed E-state index contributed by atoms with van der Waals surface area (Å²) in [5.41, 5.74) is 0. The summed E-state index contributed by atoms with van der Waals surface area (Å²) < 4.78 is 90.7. The molecule has 0 amide bonds. The number of halogens is 5. The minimum absolute atomic E-state index is 0. The van der Waals surface area contributed by atoms with Gasteiger partial charge in [0.05, 0.1) is 0 Å². The number of unbranched alkanes of at least 4 members (excludes halogenated alkanes) is 4. The predicted molar refractivity (Wildman–Crippen MR) is 59.0 cm³/mol. The highest BCUT2D eigenvalue weighted by Gasteiger charge is 2.36. The van der Waals surface area contributed by atoms with Crippen molar-refractivity contribution in [3.05, 3.63) is 0 Å². The third-order valence-corrected chi connectivity index (χ3v) is 3.23. The van der Waals surface area contributed by atoms with Crippen LogP contribution < -0.4 is 6.15 Å². The van der Waals surface area contributed by atoms with Gasteiger partial charge in [0.15, 0.2) is 10.1 Å². The highest BCUT2D eigenvalue weighted by Crippen LogP contribution is 2.28. The quantitative estimate of drug-likeness (QED) is 0.419. The van der Waals surface area contributed by atoms with E-state index in [0.717, 1.165) is 0 Å². The first-order chi connectivity index (χ1) is 7.96. The molecule has 0 unspecified atom stereocenters. The summed E-state index contributed by atoms with van der Waals surface area (Å²) in [6.45, 7) is 0. The van der Waals surface area contributed by atoms with Gasteiger partial charge in [0.25, 0.3) is 0 Å². The zero-order valence-electron chi connectivity index (χ0n) is 10.5. The largest absolute Gasteiger partial charge is 0.743 e. The molecule has 0 radical (unpaired) electrons. The SMILES string of the molecule is O=S(=O)([O-])C(F)(F)CCCCCCCC(F)(F)F.[NH4+]. The van der Waals surface area contributed by atoms with Crippen LogP contribution in [0.3, 0.4) is 0 Å². The first kappa shape index (κ1) is 20.8. The molecule has 0 fully saturated rings. The van der Waals surface area contributed by atoms with Crippen molar-refractivity contribution in [2.24, 2.45) is 0 Å². The van der Waals surface area contributed by atoms with E-state index in [-0.39, 0.29) is 31.8 Å². The van der Waals surface area contributed by atoms with E-state index in [2.05, 4.69) is 0 Å². The average Bonchev–Trinajstić information content (AvgIpc) is 2.12. The van der Waals surface area contributed by atoms with Crippen molar-refractivity contribution in [1.82, 2.24) is 6.15 Å². The molecular weight excluding hydrogens is 297 g/mol. The summed E-state index contributed by atoms with van der Waals surface area (Å²) in [5, 5.41) is -4.29. The molecule has 0 spiro atoms. The topological polar surface area (TPSA) is 93.7 Å². The van der Waals surface area contributed by atoms with Crippen molar-refractivity contribution in [3.8, 4) is 0 Å². The number of hydrogen-bond acceptors (Lipinski definition) is 3. The lowest BCUT2D eigenvalue weighted by Gasteiger charge is -2.19. The first-order valence-corrected chi connectivity index (χ1v) is 6.76. The van der Waals surface area contributed by atoms with E-state index in [9.17, 15) is 34.9 Å². The van der Waals surface area contributed by atoms with Gasteiger partial charge in [-0.05, 0) is 12.8 Å². The van der Waals surface area contributed by atoms with Gasteiger partial charge in [0, 0.05) is 12.8 Å². The van der Waals surface area contributed by atoms with Crippen molar-refractivity contribution >= 4 is 10.1 Å². The highest BCUT2D eigenvalue weighted by atomic mass is 32.2. The number of hydrogen-bond donors (Lipinski definition) is 1. The van der Waals surface area contributed by atoms with Crippen LogP contribution in [0.25, 0.3) is 0 Å². The molecule has 0 heterocycles. The van der Waals surface area contributed by atoms with Crippen molar-refractivity contribution < 1.29 is 34.9 Å². The minimum Gasteiger partial charge on any atom is -0.743 e. The normalized spacial score (nSPS) is 13.2. The molecule has 0 saturated carbocycles. The van der Waals surface area contributed by atoms with E-state index in [4.69, 9.17) is 0 Å². The van der Waals surface area contributed by atoms with E-state index in [1.54, 1.807) is 0 Å². The monoisotopic (exact) mass is 315 g/mol. The van der Waals surface area contributed by atoms with E-state index >= 15 is 0 Å². The highest BCUT2D eigenvalue weighted by molar-refractivity contribution is 7.86. The molecule has 4 nitrogen and oxygen atoms in total. The molecule has 0 aromatic carbocycles. The van der Waals surface area contributed by atoms with Crippen LogP contribution in [0.5, 0.6) is 0 Å². The van der Waals surface area contributed by atoms with Gasteiger partial charge in [-0.25, -0.2) is 8.42 Å². The Morgan fingerprint density at radius 1 is 0.789 bits per heavy atom. The summed E-state index contributed by atoms with van der Waals surface area (Å²) in [4.78, 5) is 0. The van der Waals surface area contributed by atoms with Crippen LogP contribution in [-0.2, 0) is 10.1 Å². The summed E-state index contributed by atoms with van der Waals surface area (Å²) >= 11 is 0. The van der Waals surface area contributed by atoms with Gasteiger partial charge in [-0.15, -0.1) is 0 Å². The van der Waals surface area contributed by atoms with Crippen LogP contribution in [0.1, 0.15) is 44.9 Å². The van der Waals surface area contributed by atoms with E-state index in [1.807, 2.05) is 0 Å². The molecule has 0 bridgehead atoms. The Bertz CT molecular complexity index is 342. The van der Waals surface area contributed by atoms with Gasteiger partial charge in [-0.3, -0.25) is 0 Å². The second kappa shape index (κ2) is 7.95. The lowest BCUT2D eigenvalue weighted by Crippen LogP contribution is -2.28. The van der Waals surface area contributed by atoms with Gasteiger partial charge in [0.1, 0.15) is 0 Å². The Morgan fingerprint density at radius 3 is 1.53 bits per heavy atom. The minimum atomic E-state index is -5.65. The molecule has 10 heteroatoms. The fourth-order valence-electron chi connectivity index (χ4n) is 1.31. The molecular formula is C9H18F5NO3S. The van der Waals surface area contributed by atoms with Crippen LogP contribution in [0.4, 0.5) is 22.0 Å². The van der Waals surface area contributed by atoms with Gasteiger partial charge in [0.2, 0.25) is 0 Å². The van der Waals surface area contributed by atoms with Crippen LogP contribution in [0.2, 0.25) is 0 Å². The van der Waals surface area contributed by atoms with Crippen LogP contribution in [-0.4, -0.2) is 24.4 Å². The number of quaternary nitrogens is 1. The molecule has 0 saturated heterocycles. The summed E-state index contributed by atoms with van der Waals surface area (Å²) in [6, 6.07) is 0. The smallest absolute Gasteiger partial charge is 0.389 e. The Labute approximate surface area is 108 Å².